The summed E-state index contributed by atoms with van der Waals surface area (Å²) in [5.74, 6) is -2.04. The van der Waals surface area contributed by atoms with Crippen molar-refractivity contribution in [3.63, 3.8) is 0 Å². The van der Waals surface area contributed by atoms with E-state index >= 15 is 0 Å². The van der Waals surface area contributed by atoms with E-state index in [2.05, 4.69) is 20.9 Å². The minimum absolute atomic E-state index is 0.0129. The number of aromatic hydroxyl groups is 1. The molecular formula is C22H30N6O7. The van der Waals surface area contributed by atoms with E-state index in [0.717, 1.165) is 12.8 Å². The number of phenols is 1. The molecular weight excluding hydrogens is 460 g/mol. The predicted molar refractivity (Wildman–Crippen MR) is 126 cm³/mol. The summed E-state index contributed by atoms with van der Waals surface area (Å²) in [5, 5.41) is 25.7. The minimum Gasteiger partial charge on any atom is -0.508 e. The summed E-state index contributed by atoms with van der Waals surface area (Å²) in [6.07, 6.45) is 2.90. The molecule has 0 aliphatic carbocycles. The molecule has 1 atom stereocenters. The molecule has 35 heavy (non-hydrogen) atoms. The smallest absolute Gasteiger partial charge is 0.324 e. The summed E-state index contributed by atoms with van der Waals surface area (Å²) < 4.78 is 6.57. The predicted octanol–water partition coefficient (Wildman–Crippen LogP) is 1.50. The molecule has 0 saturated heterocycles. The van der Waals surface area contributed by atoms with Gasteiger partial charge in [0.15, 0.2) is 5.82 Å². The normalized spacial score (nSPS) is 11.4. The number of nitrogens with one attached hydrogen (secondary N) is 3. The van der Waals surface area contributed by atoms with Crippen LogP contribution in [-0.4, -0.2) is 62.8 Å². The Morgan fingerprint density at radius 3 is 2.54 bits per heavy atom. The first kappa shape index (κ1) is 27.1. The largest absolute Gasteiger partial charge is 0.508 e. The van der Waals surface area contributed by atoms with Gasteiger partial charge in [0.05, 0.1) is 6.54 Å². The molecule has 0 spiro atoms. The number of aliphatic carboxylic acids is 1. The number of carbonyl (C=O) groups excluding carboxylic acids is 3. The first-order valence-corrected chi connectivity index (χ1v) is 11.1. The Bertz CT molecular complexity index is 1020. The van der Waals surface area contributed by atoms with Crippen LogP contribution in [0.5, 0.6) is 5.75 Å². The molecule has 0 unspecified atom stereocenters. The highest BCUT2D eigenvalue weighted by molar-refractivity contribution is 5.99. The van der Waals surface area contributed by atoms with E-state index in [-0.39, 0.29) is 43.4 Å². The van der Waals surface area contributed by atoms with Crippen molar-refractivity contribution in [2.45, 2.75) is 45.2 Å². The van der Waals surface area contributed by atoms with Gasteiger partial charge in [-0.2, -0.15) is 0 Å². The van der Waals surface area contributed by atoms with E-state index in [0.29, 0.717) is 12.2 Å². The first-order valence-electron chi connectivity index (χ1n) is 11.1. The fourth-order valence-corrected chi connectivity index (χ4v) is 2.88. The lowest BCUT2D eigenvalue weighted by molar-refractivity contribution is -0.145. The van der Waals surface area contributed by atoms with Crippen molar-refractivity contribution >= 4 is 35.4 Å². The fourth-order valence-electron chi connectivity index (χ4n) is 2.88. The SMILES string of the molecule is CCCCn1cc(NC(=O)Nc2ccc(O)cc2)nc1C(=O)NCCOC(=O)[C@@H](N)CCC(=O)O. The highest BCUT2D eigenvalue weighted by atomic mass is 16.5. The molecule has 190 valence electrons. The number of urea groups is 1. The Kier molecular flexibility index (Phi) is 10.5. The summed E-state index contributed by atoms with van der Waals surface area (Å²) in [5.41, 5.74) is 6.03. The maximum atomic E-state index is 12.6. The zero-order valence-electron chi connectivity index (χ0n) is 19.3. The van der Waals surface area contributed by atoms with Gasteiger partial charge in [-0.1, -0.05) is 13.3 Å². The lowest BCUT2D eigenvalue weighted by atomic mass is 10.2. The Labute approximate surface area is 201 Å². The molecule has 7 N–H and O–H groups in total. The van der Waals surface area contributed by atoms with E-state index in [1.54, 1.807) is 10.8 Å². The van der Waals surface area contributed by atoms with Gasteiger partial charge in [0.25, 0.3) is 5.91 Å². The number of nitrogens with zero attached hydrogens (tertiary/aromatic N) is 2. The number of imidazole rings is 1. The number of phenolic OH excluding ortho intramolecular Hbond substituents is 1. The molecule has 1 aromatic heterocycles. The van der Waals surface area contributed by atoms with Gasteiger partial charge in [-0.3, -0.25) is 19.7 Å². The van der Waals surface area contributed by atoms with Crippen LogP contribution in [0.2, 0.25) is 0 Å². The first-order chi connectivity index (χ1) is 16.7. The Morgan fingerprint density at radius 1 is 1.17 bits per heavy atom. The number of amides is 3. The molecule has 0 saturated carbocycles. The summed E-state index contributed by atoms with van der Waals surface area (Å²) in [6.45, 7) is 2.33. The molecule has 13 nitrogen and oxygen atoms in total. The van der Waals surface area contributed by atoms with E-state index < -0.39 is 29.9 Å². The van der Waals surface area contributed by atoms with Crippen molar-refractivity contribution in [1.29, 1.82) is 0 Å². The molecule has 3 amide bonds. The second kappa shape index (κ2) is 13.5. The molecule has 1 heterocycles. The number of rotatable bonds is 13. The van der Waals surface area contributed by atoms with E-state index in [9.17, 15) is 24.3 Å². The monoisotopic (exact) mass is 490 g/mol. The van der Waals surface area contributed by atoms with Crippen LogP contribution in [0.25, 0.3) is 0 Å². The fraction of sp³-hybridized carbons (Fsp3) is 0.409. The van der Waals surface area contributed by atoms with Gasteiger partial charge in [0.1, 0.15) is 18.4 Å². The zero-order chi connectivity index (χ0) is 25.8. The Hall–Kier alpha value is -4.13. The van der Waals surface area contributed by atoms with Gasteiger partial charge in [-0.25, -0.2) is 9.78 Å². The van der Waals surface area contributed by atoms with Crippen LogP contribution < -0.4 is 21.7 Å². The molecule has 0 aliphatic heterocycles. The number of hydrogen-bond donors (Lipinski definition) is 6. The second-order valence-corrected chi connectivity index (χ2v) is 7.59. The molecule has 2 rings (SSSR count). The number of aromatic nitrogens is 2. The molecule has 13 heteroatoms. The number of carboxylic acids is 1. The average molecular weight is 491 g/mol. The van der Waals surface area contributed by atoms with Gasteiger partial charge in [-0.15, -0.1) is 0 Å². The van der Waals surface area contributed by atoms with Crippen LogP contribution in [0, 0.1) is 0 Å². The van der Waals surface area contributed by atoms with Crippen molar-refractivity contribution in [2.75, 3.05) is 23.8 Å². The quantitative estimate of drug-likeness (QED) is 0.137. The van der Waals surface area contributed by atoms with Crippen molar-refractivity contribution in [3.8, 4) is 5.75 Å². The third-order valence-corrected chi connectivity index (χ3v) is 4.70. The van der Waals surface area contributed by atoms with E-state index in [1.807, 2.05) is 6.92 Å². The van der Waals surface area contributed by atoms with Crippen LogP contribution in [0.1, 0.15) is 43.2 Å². The van der Waals surface area contributed by atoms with Gasteiger partial charge in [0, 0.05) is 24.8 Å². The van der Waals surface area contributed by atoms with Gasteiger partial charge in [0.2, 0.25) is 5.82 Å². The summed E-state index contributed by atoms with van der Waals surface area (Å²) in [7, 11) is 0. The van der Waals surface area contributed by atoms with Crippen LogP contribution in [0.15, 0.2) is 30.5 Å². The van der Waals surface area contributed by atoms with Gasteiger partial charge in [-0.05, 0) is 37.1 Å². The number of unbranched alkanes of at least 4 members (excludes halogenated alkanes) is 1. The number of ether oxygens (including phenoxy) is 1. The van der Waals surface area contributed by atoms with Crippen molar-refractivity contribution < 1.29 is 34.1 Å². The van der Waals surface area contributed by atoms with Crippen LogP contribution in [0.4, 0.5) is 16.3 Å². The number of aryl methyl sites for hydroxylation is 1. The van der Waals surface area contributed by atoms with Crippen molar-refractivity contribution in [3.05, 3.63) is 36.3 Å². The van der Waals surface area contributed by atoms with Gasteiger partial charge >= 0.3 is 18.0 Å². The lowest BCUT2D eigenvalue weighted by Gasteiger charge is -2.11. The van der Waals surface area contributed by atoms with Gasteiger partial charge < -0.3 is 35.9 Å². The molecule has 1 aromatic carbocycles. The lowest BCUT2D eigenvalue weighted by Crippen LogP contribution is -2.35. The maximum Gasteiger partial charge on any atom is 0.324 e. The third-order valence-electron chi connectivity index (χ3n) is 4.70. The minimum atomic E-state index is -1.06. The Balaban J connectivity index is 1.91. The Morgan fingerprint density at radius 2 is 1.89 bits per heavy atom. The van der Waals surface area contributed by atoms with Crippen molar-refractivity contribution in [2.24, 2.45) is 5.73 Å². The summed E-state index contributed by atoms with van der Waals surface area (Å²) in [6, 6.07) is 4.28. The summed E-state index contributed by atoms with van der Waals surface area (Å²) in [4.78, 5) is 51.4. The molecule has 0 aliphatic rings. The zero-order valence-corrected chi connectivity index (χ0v) is 19.3. The second-order valence-electron chi connectivity index (χ2n) is 7.59. The standard InChI is InChI=1S/C22H30N6O7/c1-2-3-11-28-13-17(27-22(34)25-14-4-6-15(29)7-5-14)26-19(28)20(32)24-10-12-35-21(33)16(23)8-9-18(30)31/h4-7,13,16,29H,2-3,8-12,23H2,1H3,(H,24,32)(H,30,31)(H2,25,27,34)/t16-/m0/s1. The molecule has 0 bridgehead atoms. The summed E-state index contributed by atoms with van der Waals surface area (Å²) >= 11 is 0. The number of carbonyl (C=O) groups is 4. The topological polar surface area (TPSA) is 198 Å². The number of benzene rings is 1. The van der Waals surface area contributed by atoms with E-state index in [1.165, 1.54) is 24.3 Å². The van der Waals surface area contributed by atoms with Crippen LogP contribution in [0.3, 0.4) is 0 Å². The van der Waals surface area contributed by atoms with Crippen LogP contribution >= 0.6 is 0 Å². The number of hydrogen-bond acceptors (Lipinski definition) is 8. The molecule has 0 radical (unpaired) electrons. The number of esters is 1. The highest BCUT2D eigenvalue weighted by Crippen LogP contribution is 2.15. The molecule has 0 fully saturated rings. The number of nitrogens with two attached hydrogens (primary N) is 1. The third kappa shape index (κ3) is 9.33. The highest BCUT2D eigenvalue weighted by Gasteiger charge is 2.19. The average Bonchev–Trinajstić information content (AvgIpc) is 3.22. The van der Waals surface area contributed by atoms with E-state index in [4.69, 9.17) is 15.6 Å². The maximum absolute atomic E-state index is 12.6. The van der Waals surface area contributed by atoms with Crippen LogP contribution in [-0.2, 0) is 20.9 Å². The number of carboxylic acid groups (broad SMARTS) is 1. The number of anilines is 2. The molecule has 2 aromatic rings. The van der Waals surface area contributed by atoms with Crippen molar-refractivity contribution in [1.82, 2.24) is 14.9 Å².